The Morgan fingerprint density at radius 2 is 1.82 bits per heavy atom. The molecule has 1 saturated carbocycles. The van der Waals surface area contributed by atoms with Gasteiger partial charge in [0.25, 0.3) is 0 Å². The van der Waals surface area contributed by atoms with Gasteiger partial charge < -0.3 is 5.32 Å². The van der Waals surface area contributed by atoms with E-state index in [-0.39, 0.29) is 5.41 Å². The number of pyridine rings is 1. The summed E-state index contributed by atoms with van der Waals surface area (Å²) in [7, 11) is 0. The van der Waals surface area contributed by atoms with Gasteiger partial charge in [-0.3, -0.25) is 4.98 Å². The van der Waals surface area contributed by atoms with Crippen molar-refractivity contribution >= 4 is 16.5 Å². The van der Waals surface area contributed by atoms with Gasteiger partial charge >= 0.3 is 0 Å². The molecular formula is C17H16N4S. The highest BCUT2D eigenvalue weighted by molar-refractivity contribution is 7.18. The lowest BCUT2D eigenvalue weighted by molar-refractivity contribution is 0.731. The lowest BCUT2D eigenvalue weighted by Gasteiger charge is -2.15. The number of nitrogens with zero attached hydrogens (tertiary/aromatic N) is 3. The van der Waals surface area contributed by atoms with E-state index in [0.717, 1.165) is 22.4 Å². The second kappa shape index (κ2) is 5.50. The number of aromatic nitrogens is 3. The van der Waals surface area contributed by atoms with E-state index in [0.29, 0.717) is 0 Å². The first-order valence-electron chi connectivity index (χ1n) is 7.40. The van der Waals surface area contributed by atoms with E-state index in [9.17, 15) is 0 Å². The van der Waals surface area contributed by atoms with E-state index in [4.69, 9.17) is 0 Å². The van der Waals surface area contributed by atoms with E-state index in [2.05, 4.69) is 50.8 Å². The number of anilines is 1. The highest BCUT2D eigenvalue weighted by Gasteiger charge is 2.43. The number of nitrogens with one attached hydrogen (secondary N) is 1. The molecule has 22 heavy (non-hydrogen) atoms. The van der Waals surface area contributed by atoms with Gasteiger partial charge in [0.15, 0.2) is 5.01 Å². The third-order valence-corrected chi connectivity index (χ3v) is 5.03. The maximum Gasteiger partial charge on any atom is 0.206 e. The molecule has 0 spiro atoms. The quantitative estimate of drug-likeness (QED) is 0.780. The monoisotopic (exact) mass is 308 g/mol. The van der Waals surface area contributed by atoms with Crippen LogP contribution in [-0.4, -0.2) is 21.7 Å². The minimum absolute atomic E-state index is 0.276. The SMILES string of the molecule is c1ccc(C2(CNc3nnc(-c4ccccn4)s3)CC2)cc1. The van der Waals surface area contributed by atoms with Crippen molar-refractivity contribution in [3.05, 3.63) is 60.3 Å². The molecule has 1 N–H and O–H groups in total. The van der Waals surface area contributed by atoms with Gasteiger partial charge in [-0.1, -0.05) is 47.7 Å². The third-order valence-electron chi connectivity index (χ3n) is 4.13. The fourth-order valence-electron chi connectivity index (χ4n) is 2.64. The molecule has 1 aliphatic carbocycles. The number of hydrogen-bond donors (Lipinski definition) is 1. The fourth-order valence-corrected chi connectivity index (χ4v) is 3.36. The third kappa shape index (κ3) is 2.60. The van der Waals surface area contributed by atoms with E-state index in [1.165, 1.54) is 18.4 Å². The Hall–Kier alpha value is -2.27. The molecule has 4 nitrogen and oxygen atoms in total. The van der Waals surface area contributed by atoms with Crippen LogP contribution in [-0.2, 0) is 5.41 Å². The van der Waals surface area contributed by atoms with Gasteiger partial charge in [0.1, 0.15) is 5.69 Å². The van der Waals surface area contributed by atoms with Crippen LogP contribution >= 0.6 is 11.3 Å². The molecule has 0 atom stereocenters. The maximum atomic E-state index is 4.31. The Morgan fingerprint density at radius 3 is 2.55 bits per heavy atom. The summed E-state index contributed by atoms with van der Waals surface area (Å²) in [5, 5.41) is 13.6. The molecule has 5 heteroatoms. The lowest BCUT2D eigenvalue weighted by Crippen LogP contribution is -2.19. The Labute approximate surface area is 133 Å². The van der Waals surface area contributed by atoms with Crippen molar-refractivity contribution in [2.75, 3.05) is 11.9 Å². The highest BCUT2D eigenvalue weighted by Crippen LogP contribution is 2.48. The zero-order valence-electron chi connectivity index (χ0n) is 12.1. The average Bonchev–Trinajstić information content (AvgIpc) is 3.24. The summed E-state index contributed by atoms with van der Waals surface area (Å²) >= 11 is 1.55. The van der Waals surface area contributed by atoms with Crippen LogP contribution in [0.3, 0.4) is 0 Å². The minimum atomic E-state index is 0.276. The van der Waals surface area contributed by atoms with Gasteiger partial charge in [0, 0.05) is 18.2 Å². The fraction of sp³-hybridized carbons (Fsp3) is 0.235. The summed E-state index contributed by atoms with van der Waals surface area (Å²) in [6.07, 6.45) is 4.24. The zero-order valence-corrected chi connectivity index (χ0v) is 12.9. The molecule has 110 valence electrons. The summed E-state index contributed by atoms with van der Waals surface area (Å²) in [5.41, 5.74) is 2.56. The summed E-state index contributed by atoms with van der Waals surface area (Å²) in [5.74, 6) is 0. The van der Waals surface area contributed by atoms with Gasteiger partial charge in [-0.05, 0) is 30.5 Å². The molecule has 0 saturated heterocycles. The van der Waals surface area contributed by atoms with E-state index < -0.39 is 0 Å². The Morgan fingerprint density at radius 1 is 1.00 bits per heavy atom. The second-order valence-corrected chi connectivity index (χ2v) is 6.60. The van der Waals surface area contributed by atoms with Crippen molar-refractivity contribution in [2.24, 2.45) is 0 Å². The van der Waals surface area contributed by atoms with Crippen molar-refractivity contribution in [1.29, 1.82) is 0 Å². The predicted molar refractivity (Wildman–Crippen MR) is 89.0 cm³/mol. The second-order valence-electron chi connectivity index (χ2n) is 5.63. The molecule has 1 aromatic carbocycles. The molecular weight excluding hydrogens is 292 g/mol. The highest BCUT2D eigenvalue weighted by atomic mass is 32.1. The van der Waals surface area contributed by atoms with E-state index in [1.54, 1.807) is 17.5 Å². The van der Waals surface area contributed by atoms with Crippen LogP contribution in [0.5, 0.6) is 0 Å². The van der Waals surface area contributed by atoms with Crippen LogP contribution in [0.25, 0.3) is 10.7 Å². The van der Waals surface area contributed by atoms with Crippen LogP contribution in [0.2, 0.25) is 0 Å². The predicted octanol–water partition coefficient (Wildman–Crippen LogP) is 3.74. The molecule has 0 aliphatic heterocycles. The van der Waals surface area contributed by atoms with Gasteiger partial charge in [-0.15, -0.1) is 10.2 Å². The zero-order chi connectivity index (χ0) is 14.8. The van der Waals surface area contributed by atoms with Crippen molar-refractivity contribution in [3.63, 3.8) is 0 Å². The van der Waals surface area contributed by atoms with Crippen LogP contribution in [0.1, 0.15) is 18.4 Å². The first kappa shape index (κ1) is 13.4. The molecule has 0 bridgehead atoms. The van der Waals surface area contributed by atoms with Crippen LogP contribution in [0.4, 0.5) is 5.13 Å². The molecule has 0 radical (unpaired) electrons. The summed E-state index contributed by atoms with van der Waals surface area (Å²) in [6, 6.07) is 16.5. The van der Waals surface area contributed by atoms with Crippen LogP contribution < -0.4 is 5.32 Å². The largest absolute Gasteiger partial charge is 0.359 e. The molecule has 3 aromatic rings. The topological polar surface area (TPSA) is 50.7 Å². The summed E-state index contributed by atoms with van der Waals surface area (Å²) in [6.45, 7) is 0.911. The van der Waals surface area contributed by atoms with Crippen LogP contribution in [0, 0.1) is 0 Å². The van der Waals surface area contributed by atoms with E-state index in [1.807, 2.05) is 18.2 Å². The summed E-state index contributed by atoms with van der Waals surface area (Å²) in [4.78, 5) is 4.31. The lowest BCUT2D eigenvalue weighted by atomic mass is 9.96. The Kier molecular flexibility index (Phi) is 3.35. The Balaban J connectivity index is 1.46. The number of benzene rings is 1. The Bertz CT molecular complexity index is 751. The van der Waals surface area contributed by atoms with Crippen molar-refractivity contribution in [3.8, 4) is 10.7 Å². The minimum Gasteiger partial charge on any atom is -0.359 e. The summed E-state index contributed by atoms with van der Waals surface area (Å²) < 4.78 is 0. The molecule has 1 fully saturated rings. The van der Waals surface area contributed by atoms with Gasteiger partial charge in [-0.25, -0.2) is 0 Å². The maximum absolute atomic E-state index is 4.31. The molecule has 1 aliphatic rings. The first-order chi connectivity index (χ1) is 10.9. The number of hydrogen-bond acceptors (Lipinski definition) is 5. The van der Waals surface area contributed by atoms with Crippen LogP contribution in [0.15, 0.2) is 54.7 Å². The smallest absolute Gasteiger partial charge is 0.206 e. The van der Waals surface area contributed by atoms with Crippen molar-refractivity contribution in [1.82, 2.24) is 15.2 Å². The van der Waals surface area contributed by atoms with Crippen molar-refractivity contribution in [2.45, 2.75) is 18.3 Å². The molecule has 2 aromatic heterocycles. The molecule has 0 amide bonds. The van der Waals surface area contributed by atoms with Gasteiger partial charge in [-0.2, -0.15) is 0 Å². The average molecular weight is 308 g/mol. The number of rotatable bonds is 5. The van der Waals surface area contributed by atoms with Gasteiger partial charge in [0.2, 0.25) is 5.13 Å². The molecule has 2 heterocycles. The molecule has 4 rings (SSSR count). The standard InChI is InChI=1S/C17H16N4S/c1-2-6-13(7-3-1)17(9-10-17)12-19-16-21-20-15(22-16)14-8-4-5-11-18-14/h1-8,11H,9-10,12H2,(H,19,21). The van der Waals surface area contributed by atoms with Gasteiger partial charge in [0.05, 0.1) is 0 Å². The molecule has 0 unspecified atom stereocenters. The first-order valence-corrected chi connectivity index (χ1v) is 8.22. The normalized spacial score (nSPS) is 15.5. The van der Waals surface area contributed by atoms with Crippen molar-refractivity contribution < 1.29 is 0 Å². The van der Waals surface area contributed by atoms with E-state index >= 15 is 0 Å².